The van der Waals surface area contributed by atoms with Gasteiger partial charge in [0.25, 0.3) is 0 Å². The van der Waals surface area contributed by atoms with E-state index in [9.17, 15) is 0 Å². The molecule has 4 nitrogen and oxygen atoms in total. The van der Waals surface area contributed by atoms with Crippen molar-refractivity contribution in [3.05, 3.63) is 17.0 Å². The van der Waals surface area contributed by atoms with Gasteiger partial charge >= 0.3 is 0 Å². The highest BCUT2D eigenvalue weighted by molar-refractivity contribution is 5.28. The van der Waals surface area contributed by atoms with Gasteiger partial charge in [-0.1, -0.05) is 0 Å². The van der Waals surface area contributed by atoms with Crippen LogP contribution in [-0.4, -0.2) is 34.4 Å². The average Bonchev–Trinajstić information content (AvgIpc) is 3.33. The quantitative estimate of drug-likeness (QED) is 0.796. The van der Waals surface area contributed by atoms with E-state index in [1.165, 1.54) is 55.7 Å². The molecule has 0 bridgehead atoms. The zero-order valence-electron chi connectivity index (χ0n) is 12.5. The lowest BCUT2D eigenvalue weighted by Gasteiger charge is -2.27. The summed E-state index contributed by atoms with van der Waals surface area (Å²) in [4.78, 5) is 2.61. The van der Waals surface area contributed by atoms with Gasteiger partial charge < -0.3 is 4.74 Å². The van der Waals surface area contributed by atoms with Crippen LogP contribution in [0.3, 0.4) is 0 Å². The summed E-state index contributed by atoms with van der Waals surface area (Å²) < 4.78 is 7.92. The van der Waals surface area contributed by atoms with Crippen LogP contribution in [0.25, 0.3) is 0 Å². The smallest absolute Gasteiger partial charge is 0.0917 e. The molecule has 2 aliphatic carbocycles. The van der Waals surface area contributed by atoms with Gasteiger partial charge in [0.05, 0.1) is 18.0 Å². The lowest BCUT2D eigenvalue weighted by molar-refractivity contribution is 0.107. The zero-order valence-corrected chi connectivity index (χ0v) is 12.5. The molecule has 20 heavy (non-hydrogen) atoms. The Morgan fingerprint density at radius 1 is 1.20 bits per heavy atom. The zero-order chi connectivity index (χ0) is 13.5. The molecular formula is C16H25N3O. The van der Waals surface area contributed by atoms with Crippen molar-refractivity contribution in [1.82, 2.24) is 14.7 Å². The topological polar surface area (TPSA) is 30.3 Å². The van der Waals surface area contributed by atoms with Gasteiger partial charge in [-0.3, -0.25) is 9.58 Å². The minimum absolute atomic E-state index is 0.711. The Balaban J connectivity index is 1.40. The maximum Gasteiger partial charge on any atom is 0.0917 e. The summed E-state index contributed by atoms with van der Waals surface area (Å²) in [6.07, 6.45) is 6.74. The standard InChI is InChI=1S/C16H25N3O/c1-18-16-9-19(8-12-2-3-12)7-6-14(16)15(17-18)11-20-10-13-4-5-13/h12-13H,2-11H2,1H3. The van der Waals surface area contributed by atoms with Crippen LogP contribution in [0, 0.1) is 11.8 Å². The van der Waals surface area contributed by atoms with E-state index in [2.05, 4.69) is 16.6 Å². The Kier molecular flexibility index (Phi) is 3.31. The predicted molar refractivity (Wildman–Crippen MR) is 77.3 cm³/mol. The molecule has 1 aromatic heterocycles. The largest absolute Gasteiger partial charge is 0.375 e. The lowest BCUT2D eigenvalue weighted by Crippen LogP contribution is -2.33. The van der Waals surface area contributed by atoms with Crippen LogP contribution in [0.5, 0.6) is 0 Å². The van der Waals surface area contributed by atoms with Crippen LogP contribution < -0.4 is 0 Å². The van der Waals surface area contributed by atoms with Crippen LogP contribution in [0.2, 0.25) is 0 Å². The van der Waals surface area contributed by atoms with Gasteiger partial charge in [0.15, 0.2) is 0 Å². The van der Waals surface area contributed by atoms with E-state index < -0.39 is 0 Å². The molecule has 0 atom stereocenters. The van der Waals surface area contributed by atoms with Crippen molar-refractivity contribution in [2.75, 3.05) is 19.7 Å². The molecule has 0 aromatic carbocycles. The van der Waals surface area contributed by atoms with Gasteiger partial charge in [-0.25, -0.2) is 0 Å². The number of hydrogen-bond donors (Lipinski definition) is 0. The SMILES string of the molecule is Cn1nc(COCC2CC2)c2c1CN(CC1CC1)CC2. The van der Waals surface area contributed by atoms with E-state index in [0.29, 0.717) is 6.61 Å². The molecule has 0 spiro atoms. The highest BCUT2D eigenvalue weighted by Gasteiger charge is 2.29. The minimum atomic E-state index is 0.711. The second kappa shape index (κ2) is 5.15. The fourth-order valence-corrected chi connectivity index (χ4v) is 3.25. The van der Waals surface area contributed by atoms with Gasteiger partial charge in [-0.15, -0.1) is 0 Å². The maximum atomic E-state index is 5.84. The number of rotatable bonds is 6. The Bertz CT molecular complexity index is 488. The molecule has 1 aromatic rings. The number of aryl methyl sites for hydroxylation is 1. The first-order valence-corrected chi connectivity index (χ1v) is 8.13. The normalized spacial score (nSPS) is 23.1. The molecule has 0 N–H and O–H groups in total. The molecule has 0 saturated heterocycles. The van der Waals surface area contributed by atoms with Crippen molar-refractivity contribution in [2.24, 2.45) is 18.9 Å². The predicted octanol–water partition coefficient (Wildman–Crippen LogP) is 2.11. The number of aromatic nitrogens is 2. The number of fused-ring (bicyclic) bond motifs is 1. The fraction of sp³-hybridized carbons (Fsp3) is 0.812. The molecule has 4 rings (SSSR count). The molecule has 0 radical (unpaired) electrons. The molecule has 3 aliphatic rings. The monoisotopic (exact) mass is 275 g/mol. The van der Waals surface area contributed by atoms with Gasteiger partial charge in [-0.2, -0.15) is 5.10 Å². The van der Waals surface area contributed by atoms with Crippen molar-refractivity contribution >= 4 is 0 Å². The summed E-state index contributed by atoms with van der Waals surface area (Å²) in [6, 6.07) is 0. The number of nitrogens with zero attached hydrogens (tertiary/aromatic N) is 3. The van der Waals surface area contributed by atoms with E-state index in [1.54, 1.807) is 0 Å². The first-order chi connectivity index (χ1) is 9.79. The van der Waals surface area contributed by atoms with Crippen molar-refractivity contribution in [3.8, 4) is 0 Å². The molecule has 2 fully saturated rings. The first kappa shape index (κ1) is 12.8. The van der Waals surface area contributed by atoms with E-state index >= 15 is 0 Å². The second-order valence-electron chi connectivity index (χ2n) is 6.88. The van der Waals surface area contributed by atoms with E-state index in [0.717, 1.165) is 31.4 Å². The van der Waals surface area contributed by atoms with Crippen molar-refractivity contribution in [3.63, 3.8) is 0 Å². The highest BCUT2D eigenvalue weighted by atomic mass is 16.5. The summed E-state index contributed by atoms with van der Waals surface area (Å²) >= 11 is 0. The Morgan fingerprint density at radius 2 is 2.00 bits per heavy atom. The molecule has 2 heterocycles. The van der Waals surface area contributed by atoms with Crippen LogP contribution in [0.1, 0.15) is 42.6 Å². The highest BCUT2D eigenvalue weighted by Crippen LogP contribution is 2.32. The van der Waals surface area contributed by atoms with Crippen molar-refractivity contribution in [2.45, 2.75) is 45.3 Å². The molecular weight excluding hydrogens is 250 g/mol. The first-order valence-electron chi connectivity index (χ1n) is 8.13. The van der Waals surface area contributed by atoms with Crippen molar-refractivity contribution in [1.29, 1.82) is 0 Å². The van der Waals surface area contributed by atoms with Crippen LogP contribution in [0.15, 0.2) is 0 Å². The van der Waals surface area contributed by atoms with Gasteiger partial charge in [0.1, 0.15) is 0 Å². The molecule has 2 saturated carbocycles. The molecule has 1 aliphatic heterocycles. The summed E-state index contributed by atoms with van der Waals surface area (Å²) in [5.74, 6) is 1.81. The Hall–Kier alpha value is -0.870. The minimum Gasteiger partial charge on any atom is -0.375 e. The summed E-state index contributed by atoms with van der Waals surface area (Å²) in [5, 5.41) is 4.70. The third kappa shape index (κ3) is 2.77. The molecule has 0 amide bonds. The lowest BCUT2D eigenvalue weighted by atomic mass is 10.0. The second-order valence-corrected chi connectivity index (χ2v) is 6.88. The van der Waals surface area contributed by atoms with E-state index in [1.807, 2.05) is 0 Å². The molecule has 0 unspecified atom stereocenters. The van der Waals surface area contributed by atoms with Crippen molar-refractivity contribution < 1.29 is 4.74 Å². The fourth-order valence-electron chi connectivity index (χ4n) is 3.25. The Morgan fingerprint density at radius 3 is 2.75 bits per heavy atom. The van der Waals surface area contributed by atoms with Crippen LogP contribution >= 0.6 is 0 Å². The molecule has 4 heteroatoms. The summed E-state index contributed by atoms with van der Waals surface area (Å²) in [5.41, 5.74) is 4.08. The third-order valence-electron chi connectivity index (χ3n) is 4.91. The van der Waals surface area contributed by atoms with E-state index in [4.69, 9.17) is 9.84 Å². The summed E-state index contributed by atoms with van der Waals surface area (Å²) in [7, 11) is 2.09. The van der Waals surface area contributed by atoms with Gasteiger partial charge in [-0.05, 0) is 43.9 Å². The van der Waals surface area contributed by atoms with Gasteiger partial charge in [0, 0.05) is 38.9 Å². The number of hydrogen-bond acceptors (Lipinski definition) is 3. The molecule has 110 valence electrons. The maximum absolute atomic E-state index is 5.84. The Labute approximate surface area is 121 Å². The third-order valence-corrected chi connectivity index (χ3v) is 4.91. The average molecular weight is 275 g/mol. The van der Waals surface area contributed by atoms with Crippen LogP contribution in [-0.2, 0) is 31.4 Å². The van der Waals surface area contributed by atoms with Gasteiger partial charge in [0.2, 0.25) is 0 Å². The summed E-state index contributed by atoms with van der Waals surface area (Å²) in [6.45, 7) is 5.21. The van der Waals surface area contributed by atoms with Crippen LogP contribution in [0.4, 0.5) is 0 Å². The number of ether oxygens (including phenoxy) is 1. The van der Waals surface area contributed by atoms with E-state index in [-0.39, 0.29) is 0 Å².